The van der Waals surface area contributed by atoms with Gasteiger partial charge in [-0.05, 0) is 79.9 Å². The molecule has 0 amide bonds. The SMILES string of the molecule is O=S(=O)(c1ccc(F)cc1)c1ccc(C2CCNCC2)c2ncccc12. The first kappa shape index (κ1) is 17.1. The number of pyridine rings is 1. The average molecular weight is 370 g/mol. The zero-order valence-corrected chi connectivity index (χ0v) is 15.0. The van der Waals surface area contributed by atoms with Gasteiger partial charge in [0.25, 0.3) is 0 Å². The highest BCUT2D eigenvalue weighted by atomic mass is 32.2. The third kappa shape index (κ3) is 2.99. The number of hydrogen-bond acceptors (Lipinski definition) is 4. The van der Waals surface area contributed by atoms with E-state index in [4.69, 9.17) is 0 Å². The molecular weight excluding hydrogens is 351 g/mol. The number of halogens is 1. The zero-order chi connectivity index (χ0) is 18.1. The maximum atomic E-state index is 13.2. The lowest BCUT2D eigenvalue weighted by molar-refractivity contribution is 0.462. The smallest absolute Gasteiger partial charge is 0.207 e. The zero-order valence-electron chi connectivity index (χ0n) is 14.2. The largest absolute Gasteiger partial charge is 0.317 e. The van der Waals surface area contributed by atoms with Crippen molar-refractivity contribution in [3.05, 3.63) is 66.1 Å². The minimum atomic E-state index is -3.75. The predicted molar refractivity (Wildman–Crippen MR) is 98.4 cm³/mol. The van der Waals surface area contributed by atoms with Crippen LogP contribution in [0.5, 0.6) is 0 Å². The van der Waals surface area contributed by atoms with Gasteiger partial charge >= 0.3 is 0 Å². The summed E-state index contributed by atoms with van der Waals surface area (Å²) in [6.07, 6.45) is 3.71. The van der Waals surface area contributed by atoms with Crippen molar-refractivity contribution >= 4 is 20.7 Å². The molecule has 0 saturated carbocycles. The van der Waals surface area contributed by atoms with Gasteiger partial charge in [0.1, 0.15) is 5.82 Å². The van der Waals surface area contributed by atoms with Crippen molar-refractivity contribution in [1.29, 1.82) is 0 Å². The van der Waals surface area contributed by atoms with Crippen molar-refractivity contribution in [3.63, 3.8) is 0 Å². The molecule has 0 radical (unpaired) electrons. The summed E-state index contributed by atoms with van der Waals surface area (Å²) in [7, 11) is -3.75. The van der Waals surface area contributed by atoms with E-state index in [0.29, 0.717) is 11.3 Å². The van der Waals surface area contributed by atoms with Crippen molar-refractivity contribution in [3.8, 4) is 0 Å². The molecular formula is C20H19FN2O2S. The Morgan fingerprint density at radius 1 is 1.00 bits per heavy atom. The fraction of sp³-hybridized carbons (Fsp3) is 0.250. The second-order valence-corrected chi connectivity index (χ2v) is 8.45. The Labute approximate surface area is 152 Å². The number of rotatable bonds is 3. The summed E-state index contributed by atoms with van der Waals surface area (Å²) in [6.45, 7) is 1.91. The molecule has 0 atom stereocenters. The van der Waals surface area contributed by atoms with Crippen LogP contribution < -0.4 is 5.32 Å². The third-order valence-corrected chi connectivity index (χ3v) is 6.78. The highest BCUT2D eigenvalue weighted by Crippen LogP contribution is 2.35. The second kappa shape index (κ2) is 6.78. The number of fused-ring (bicyclic) bond motifs is 1. The summed E-state index contributed by atoms with van der Waals surface area (Å²) >= 11 is 0. The van der Waals surface area contributed by atoms with Crippen LogP contribution in [0.1, 0.15) is 24.3 Å². The van der Waals surface area contributed by atoms with Crippen LogP contribution in [0.4, 0.5) is 4.39 Å². The average Bonchev–Trinajstić information content (AvgIpc) is 2.68. The van der Waals surface area contributed by atoms with Crippen molar-refractivity contribution in [2.24, 2.45) is 0 Å². The van der Waals surface area contributed by atoms with Gasteiger partial charge in [-0.1, -0.05) is 6.07 Å². The molecule has 0 unspecified atom stereocenters. The maximum absolute atomic E-state index is 13.2. The van der Waals surface area contributed by atoms with Crippen molar-refractivity contribution in [2.45, 2.75) is 28.6 Å². The Hall–Kier alpha value is -2.31. The predicted octanol–water partition coefficient (Wildman–Crippen LogP) is 3.67. The van der Waals surface area contributed by atoms with Crippen molar-refractivity contribution in [2.75, 3.05) is 13.1 Å². The van der Waals surface area contributed by atoms with Gasteiger partial charge in [-0.2, -0.15) is 0 Å². The van der Waals surface area contributed by atoms with Crippen molar-refractivity contribution in [1.82, 2.24) is 10.3 Å². The highest BCUT2D eigenvalue weighted by molar-refractivity contribution is 7.91. The summed E-state index contributed by atoms with van der Waals surface area (Å²) in [5, 5.41) is 3.97. The molecule has 4 nitrogen and oxygen atoms in total. The summed E-state index contributed by atoms with van der Waals surface area (Å²) in [6, 6.07) is 12.0. The van der Waals surface area contributed by atoms with Crippen LogP contribution in [-0.4, -0.2) is 26.5 Å². The maximum Gasteiger partial charge on any atom is 0.207 e. The van der Waals surface area contributed by atoms with E-state index in [0.717, 1.165) is 49.1 Å². The van der Waals surface area contributed by atoms with E-state index in [1.807, 2.05) is 6.07 Å². The second-order valence-electron chi connectivity index (χ2n) is 6.53. The first-order valence-electron chi connectivity index (χ1n) is 8.66. The van der Waals surface area contributed by atoms with Crippen molar-refractivity contribution < 1.29 is 12.8 Å². The first-order chi connectivity index (χ1) is 12.6. The fourth-order valence-electron chi connectivity index (χ4n) is 3.61. The molecule has 6 heteroatoms. The Balaban J connectivity index is 1.88. The van der Waals surface area contributed by atoms with E-state index in [2.05, 4.69) is 10.3 Å². The summed E-state index contributed by atoms with van der Waals surface area (Å²) in [5.41, 5.74) is 1.84. The van der Waals surface area contributed by atoms with Gasteiger partial charge in [-0.3, -0.25) is 4.98 Å². The van der Waals surface area contributed by atoms with Crippen LogP contribution in [0, 0.1) is 5.82 Å². The summed E-state index contributed by atoms with van der Waals surface area (Å²) in [4.78, 5) is 4.79. The molecule has 0 bridgehead atoms. The van der Waals surface area contributed by atoms with Gasteiger partial charge in [0, 0.05) is 11.6 Å². The van der Waals surface area contributed by atoms with Gasteiger partial charge in [-0.15, -0.1) is 0 Å². The molecule has 3 aromatic rings. The number of nitrogens with zero attached hydrogens (tertiary/aromatic N) is 1. The molecule has 1 aliphatic rings. The van der Waals surface area contributed by atoms with Crippen LogP contribution in [0.25, 0.3) is 10.9 Å². The Morgan fingerprint density at radius 2 is 1.73 bits per heavy atom. The molecule has 1 saturated heterocycles. The lowest BCUT2D eigenvalue weighted by Crippen LogP contribution is -2.26. The topological polar surface area (TPSA) is 59.1 Å². The molecule has 1 N–H and O–H groups in total. The number of aromatic nitrogens is 1. The van der Waals surface area contributed by atoms with Gasteiger partial charge in [0.05, 0.1) is 15.3 Å². The van der Waals surface area contributed by atoms with E-state index in [9.17, 15) is 12.8 Å². The number of sulfone groups is 1. The summed E-state index contributed by atoms with van der Waals surface area (Å²) < 4.78 is 39.4. The molecule has 4 rings (SSSR count). The van der Waals surface area contributed by atoms with Crippen LogP contribution in [0.15, 0.2) is 64.5 Å². The fourth-order valence-corrected chi connectivity index (χ4v) is 5.06. The number of piperidine rings is 1. The number of hydrogen-bond donors (Lipinski definition) is 1. The lowest BCUT2D eigenvalue weighted by Gasteiger charge is -2.24. The molecule has 2 aromatic carbocycles. The molecule has 2 heterocycles. The van der Waals surface area contributed by atoms with Gasteiger partial charge in [0.2, 0.25) is 9.84 Å². The van der Waals surface area contributed by atoms with Crippen LogP contribution in [0.3, 0.4) is 0 Å². The highest BCUT2D eigenvalue weighted by Gasteiger charge is 2.24. The standard InChI is InChI=1S/C20H19FN2O2S/c21-15-3-5-16(6-4-15)26(24,25)19-8-7-17(14-9-12-22-13-10-14)20-18(19)2-1-11-23-20/h1-8,11,14,22H,9-10,12-13H2. The monoisotopic (exact) mass is 370 g/mol. The third-order valence-electron chi connectivity index (χ3n) is 4.95. The minimum absolute atomic E-state index is 0.0821. The van der Waals surface area contributed by atoms with E-state index in [1.165, 1.54) is 12.1 Å². The normalized spacial score (nSPS) is 16.0. The molecule has 0 spiro atoms. The lowest BCUT2D eigenvalue weighted by atomic mass is 9.88. The molecule has 134 valence electrons. The van der Waals surface area contributed by atoms with Crippen LogP contribution >= 0.6 is 0 Å². The number of nitrogens with one attached hydrogen (secondary N) is 1. The molecule has 0 aliphatic carbocycles. The summed E-state index contributed by atoms with van der Waals surface area (Å²) in [5.74, 6) is -0.0899. The van der Waals surface area contributed by atoms with Gasteiger partial charge < -0.3 is 5.32 Å². The van der Waals surface area contributed by atoms with Crippen LogP contribution in [0.2, 0.25) is 0 Å². The van der Waals surface area contributed by atoms with E-state index in [1.54, 1.807) is 24.4 Å². The van der Waals surface area contributed by atoms with Crippen LogP contribution in [-0.2, 0) is 9.84 Å². The van der Waals surface area contributed by atoms with E-state index >= 15 is 0 Å². The first-order valence-corrected chi connectivity index (χ1v) is 10.1. The van der Waals surface area contributed by atoms with Gasteiger partial charge in [-0.25, -0.2) is 12.8 Å². The molecule has 26 heavy (non-hydrogen) atoms. The molecule has 1 aliphatic heterocycles. The molecule has 1 fully saturated rings. The quantitative estimate of drug-likeness (QED) is 0.715. The Kier molecular flexibility index (Phi) is 4.46. The minimum Gasteiger partial charge on any atom is -0.317 e. The van der Waals surface area contributed by atoms with Gasteiger partial charge in [0.15, 0.2) is 0 Å². The van der Waals surface area contributed by atoms with E-state index < -0.39 is 15.7 Å². The van der Waals surface area contributed by atoms with E-state index in [-0.39, 0.29) is 9.79 Å². The number of benzene rings is 2. The Morgan fingerprint density at radius 3 is 2.46 bits per heavy atom. The molecule has 1 aromatic heterocycles. The Bertz CT molecular complexity index is 1040.